The van der Waals surface area contributed by atoms with Gasteiger partial charge < -0.3 is 19.7 Å². The Bertz CT molecular complexity index is 2070. The monoisotopic (exact) mass is 682 g/mol. The molecule has 8 nitrogen and oxygen atoms in total. The van der Waals surface area contributed by atoms with E-state index in [1.807, 2.05) is 24.3 Å². The molecule has 48 heavy (non-hydrogen) atoms. The van der Waals surface area contributed by atoms with Gasteiger partial charge in [0, 0.05) is 38.2 Å². The Morgan fingerprint density at radius 3 is 1.42 bits per heavy atom. The van der Waals surface area contributed by atoms with Gasteiger partial charge in [0.25, 0.3) is 10.5 Å². The molecule has 0 spiro atoms. The first-order valence-corrected chi connectivity index (χ1v) is 15.0. The number of ketones is 1. The normalized spacial score (nSPS) is 10.2. The van der Waals surface area contributed by atoms with Crippen LogP contribution in [0.25, 0.3) is 21.5 Å². The first-order chi connectivity index (χ1) is 23.0. The number of phenols is 2. The predicted molar refractivity (Wildman–Crippen MR) is 186 cm³/mol. The Hall–Kier alpha value is -5.70. The lowest BCUT2D eigenvalue weighted by atomic mass is 10.1. The van der Waals surface area contributed by atoms with Gasteiger partial charge in [-0.2, -0.15) is 0 Å². The highest BCUT2D eigenvalue weighted by Gasteiger charge is 2.14. The van der Waals surface area contributed by atoms with Crippen LogP contribution in [0, 0.1) is 0 Å². The van der Waals surface area contributed by atoms with Gasteiger partial charge in [0.15, 0.2) is 5.78 Å². The van der Waals surface area contributed by atoms with Crippen LogP contribution in [0.2, 0.25) is 0 Å². The maximum absolute atomic E-state index is 12.4. The molecule has 0 heterocycles. The van der Waals surface area contributed by atoms with E-state index in [-0.39, 0.29) is 28.4 Å². The molecule has 0 saturated heterocycles. The summed E-state index contributed by atoms with van der Waals surface area (Å²) in [7, 11) is 1.60. The van der Waals surface area contributed by atoms with E-state index in [1.54, 1.807) is 79.9 Å². The highest BCUT2D eigenvalue weighted by molar-refractivity contribution is 6.69. The molecule has 242 valence electrons. The number of rotatable bonds is 6. The summed E-state index contributed by atoms with van der Waals surface area (Å²) in [4.78, 5) is 45.1. The SMILES string of the molecule is COc1cccc2c(OC(=O)c3cccc(C(C)=O)c3)cccc12.O=C(Cl)c1cccc(C(=O)Cl)c1.Oc1cccc2c(O)cccc12. The van der Waals surface area contributed by atoms with Gasteiger partial charge in [0.05, 0.1) is 12.7 Å². The van der Waals surface area contributed by atoms with Crippen LogP contribution in [0.4, 0.5) is 0 Å². The van der Waals surface area contributed by atoms with Crippen molar-refractivity contribution in [3.8, 4) is 23.0 Å². The molecule has 0 aliphatic heterocycles. The van der Waals surface area contributed by atoms with E-state index in [0.29, 0.717) is 33.4 Å². The average Bonchev–Trinajstić information content (AvgIpc) is 3.09. The van der Waals surface area contributed by atoms with Crippen molar-refractivity contribution in [1.29, 1.82) is 0 Å². The molecule has 0 aliphatic rings. The number of Topliss-reactive ketones (excluding diaryl/α,β-unsaturated/α-hetero) is 1. The van der Waals surface area contributed by atoms with E-state index in [9.17, 15) is 29.4 Å². The summed E-state index contributed by atoms with van der Waals surface area (Å²) in [6.07, 6.45) is 0. The van der Waals surface area contributed by atoms with E-state index < -0.39 is 16.5 Å². The molecule has 0 radical (unpaired) electrons. The molecule has 6 rings (SSSR count). The van der Waals surface area contributed by atoms with E-state index in [0.717, 1.165) is 10.8 Å². The number of hydrogen-bond donors (Lipinski definition) is 2. The number of halogens is 2. The Morgan fingerprint density at radius 2 is 0.917 bits per heavy atom. The third-order valence-corrected chi connectivity index (χ3v) is 7.40. The van der Waals surface area contributed by atoms with Crippen molar-refractivity contribution in [3.63, 3.8) is 0 Å². The molecular formula is C38H28Cl2O8. The third kappa shape index (κ3) is 8.76. The molecule has 2 N–H and O–H groups in total. The molecule has 0 bridgehead atoms. The molecule has 0 fully saturated rings. The number of fused-ring (bicyclic) bond motifs is 2. The van der Waals surface area contributed by atoms with Crippen molar-refractivity contribution >= 4 is 67.0 Å². The van der Waals surface area contributed by atoms with Crippen LogP contribution in [-0.4, -0.2) is 39.6 Å². The summed E-state index contributed by atoms with van der Waals surface area (Å²) in [5.41, 5.74) is 1.35. The van der Waals surface area contributed by atoms with Gasteiger partial charge >= 0.3 is 5.97 Å². The lowest BCUT2D eigenvalue weighted by Gasteiger charge is -2.10. The average molecular weight is 684 g/mol. The molecule has 0 unspecified atom stereocenters. The number of phenolic OH excluding ortho intramolecular Hbond substituents is 2. The second-order valence-electron chi connectivity index (χ2n) is 10.1. The minimum Gasteiger partial charge on any atom is -0.507 e. The fourth-order valence-electron chi connectivity index (χ4n) is 4.58. The first-order valence-electron chi connectivity index (χ1n) is 14.3. The predicted octanol–water partition coefficient (Wildman–Crippen LogP) is 8.97. The zero-order chi connectivity index (χ0) is 34.8. The summed E-state index contributed by atoms with van der Waals surface area (Å²) < 4.78 is 10.9. The summed E-state index contributed by atoms with van der Waals surface area (Å²) in [5.74, 6) is 0.952. The molecular weight excluding hydrogens is 655 g/mol. The van der Waals surface area contributed by atoms with Gasteiger partial charge in [-0.3, -0.25) is 14.4 Å². The fourth-order valence-corrected chi connectivity index (χ4v) is 4.82. The maximum Gasteiger partial charge on any atom is 0.343 e. The van der Waals surface area contributed by atoms with Crippen LogP contribution >= 0.6 is 23.2 Å². The lowest BCUT2D eigenvalue weighted by molar-refractivity contribution is 0.0736. The van der Waals surface area contributed by atoms with E-state index in [2.05, 4.69) is 0 Å². The number of ether oxygens (including phenoxy) is 2. The van der Waals surface area contributed by atoms with Gasteiger partial charge in [-0.1, -0.05) is 78.9 Å². The minimum atomic E-state index is -0.602. The van der Waals surface area contributed by atoms with E-state index >= 15 is 0 Å². The molecule has 6 aromatic carbocycles. The second-order valence-corrected chi connectivity index (χ2v) is 10.8. The van der Waals surface area contributed by atoms with Crippen molar-refractivity contribution in [2.45, 2.75) is 6.92 Å². The lowest BCUT2D eigenvalue weighted by Crippen LogP contribution is -2.09. The molecule has 0 saturated carbocycles. The molecule has 0 aromatic heterocycles. The van der Waals surface area contributed by atoms with Crippen LogP contribution in [-0.2, 0) is 0 Å². The Labute approximate surface area is 285 Å². The van der Waals surface area contributed by atoms with Gasteiger partial charge in [0.2, 0.25) is 0 Å². The number of carbonyl (C=O) groups is 4. The molecule has 0 aliphatic carbocycles. The quantitative estimate of drug-likeness (QED) is 0.0771. The second kappa shape index (κ2) is 16.2. The number of methoxy groups -OCH3 is 1. The van der Waals surface area contributed by atoms with Crippen molar-refractivity contribution in [1.82, 2.24) is 0 Å². The van der Waals surface area contributed by atoms with Crippen molar-refractivity contribution < 1.29 is 38.9 Å². The van der Waals surface area contributed by atoms with E-state index in [1.165, 1.54) is 31.2 Å². The molecule has 0 atom stereocenters. The number of esters is 1. The molecule has 6 aromatic rings. The first kappa shape index (κ1) is 35.2. The fraction of sp³-hybridized carbons (Fsp3) is 0.0526. The van der Waals surface area contributed by atoms with Crippen LogP contribution in [0.1, 0.15) is 48.4 Å². The Kier molecular flexibility index (Phi) is 11.9. The van der Waals surface area contributed by atoms with Gasteiger partial charge in [-0.15, -0.1) is 0 Å². The summed E-state index contributed by atoms with van der Waals surface area (Å²) in [6.45, 7) is 1.46. The summed E-state index contributed by atoms with van der Waals surface area (Å²) in [6, 6.07) is 33.6. The smallest absolute Gasteiger partial charge is 0.343 e. The summed E-state index contributed by atoms with van der Waals surface area (Å²) in [5, 5.41) is 20.6. The standard InChI is InChI=1S/C20H16O4.C10H8O2.C8H4Cl2O2/c1-13(21)14-6-3-7-15(12-14)20(22)24-19-11-5-8-16-17(19)9-4-10-18(16)23-2;11-9-5-1-3-7-8(9)4-2-6-10(7)12;9-7(11)5-2-1-3-6(4-5)8(10)12/h3-12H,1-2H3;1-6,11-12H;1-4H. The third-order valence-electron chi connectivity index (χ3n) is 6.96. The largest absolute Gasteiger partial charge is 0.507 e. The van der Waals surface area contributed by atoms with Gasteiger partial charge in [0.1, 0.15) is 23.0 Å². The number of carbonyl (C=O) groups excluding carboxylic acids is 4. The van der Waals surface area contributed by atoms with Crippen LogP contribution in [0.5, 0.6) is 23.0 Å². The number of benzene rings is 6. The van der Waals surface area contributed by atoms with Crippen LogP contribution in [0.15, 0.2) is 121 Å². The van der Waals surface area contributed by atoms with Gasteiger partial charge in [-0.25, -0.2) is 4.79 Å². The topological polar surface area (TPSA) is 127 Å². The van der Waals surface area contributed by atoms with Crippen LogP contribution < -0.4 is 9.47 Å². The zero-order valence-corrected chi connectivity index (χ0v) is 27.2. The zero-order valence-electron chi connectivity index (χ0n) is 25.6. The van der Waals surface area contributed by atoms with Crippen LogP contribution in [0.3, 0.4) is 0 Å². The highest BCUT2D eigenvalue weighted by Crippen LogP contribution is 2.32. The van der Waals surface area contributed by atoms with Crippen molar-refractivity contribution in [2.24, 2.45) is 0 Å². The molecule has 0 amide bonds. The van der Waals surface area contributed by atoms with Gasteiger partial charge in [-0.05, 0) is 72.6 Å². The Morgan fingerprint density at radius 1 is 0.521 bits per heavy atom. The Balaban J connectivity index is 0.000000181. The van der Waals surface area contributed by atoms with Crippen molar-refractivity contribution in [3.05, 3.63) is 144 Å². The summed E-state index contributed by atoms with van der Waals surface area (Å²) >= 11 is 10.4. The van der Waals surface area contributed by atoms with E-state index in [4.69, 9.17) is 32.7 Å². The minimum absolute atomic E-state index is 0.0976. The highest BCUT2D eigenvalue weighted by atomic mass is 35.5. The van der Waals surface area contributed by atoms with Crippen molar-refractivity contribution in [2.75, 3.05) is 7.11 Å². The number of hydrogen-bond acceptors (Lipinski definition) is 8. The number of aromatic hydroxyl groups is 2. The maximum atomic E-state index is 12.4. The molecule has 10 heteroatoms.